The minimum atomic E-state index is -0.112. The van der Waals surface area contributed by atoms with E-state index in [1.54, 1.807) is 17.7 Å². The van der Waals surface area contributed by atoms with Crippen LogP contribution >= 0.6 is 11.6 Å². The van der Waals surface area contributed by atoms with Crippen LogP contribution in [-0.4, -0.2) is 61.9 Å². The molecule has 0 radical (unpaired) electrons. The molecule has 9 nitrogen and oxygen atoms in total. The van der Waals surface area contributed by atoms with E-state index in [0.717, 1.165) is 11.5 Å². The highest BCUT2D eigenvalue weighted by Gasteiger charge is 2.29. The van der Waals surface area contributed by atoms with Gasteiger partial charge in [-0.3, -0.25) is 4.79 Å². The number of aromatic nitrogens is 5. The number of nitrogens with zero attached hydrogens (tertiary/aromatic N) is 7. The molecule has 0 spiro atoms. The molecular formula is C23H22ClN7O2. The molecule has 0 saturated carbocycles. The Labute approximate surface area is 195 Å². The first-order valence-corrected chi connectivity index (χ1v) is 11.0. The van der Waals surface area contributed by atoms with Gasteiger partial charge >= 0.3 is 0 Å². The Morgan fingerprint density at radius 3 is 2.52 bits per heavy atom. The average Bonchev–Trinajstić information content (AvgIpc) is 3.45. The molecule has 4 aromatic rings. The summed E-state index contributed by atoms with van der Waals surface area (Å²) >= 11 is 6.34. The van der Waals surface area contributed by atoms with Crippen LogP contribution in [0.4, 0.5) is 5.82 Å². The fourth-order valence-electron chi connectivity index (χ4n) is 3.94. The third kappa shape index (κ3) is 4.07. The van der Waals surface area contributed by atoms with E-state index in [1.807, 2.05) is 48.4 Å². The van der Waals surface area contributed by atoms with E-state index >= 15 is 0 Å². The summed E-state index contributed by atoms with van der Waals surface area (Å²) in [6.07, 6.45) is 3.41. The molecule has 1 saturated heterocycles. The molecule has 1 aromatic carbocycles. The molecule has 33 heavy (non-hydrogen) atoms. The van der Waals surface area contributed by atoms with Crippen LogP contribution < -0.4 is 4.90 Å². The number of benzene rings is 1. The third-order valence-corrected chi connectivity index (χ3v) is 6.02. The van der Waals surface area contributed by atoms with Crippen molar-refractivity contribution in [2.75, 3.05) is 31.1 Å². The fourth-order valence-corrected chi connectivity index (χ4v) is 4.16. The van der Waals surface area contributed by atoms with Gasteiger partial charge in [0.2, 0.25) is 0 Å². The molecule has 1 aliphatic rings. The second-order valence-corrected chi connectivity index (χ2v) is 8.26. The van der Waals surface area contributed by atoms with Crippen molar-refractivity contribution >= 4 is 23.3 Å². The van der Waals surface area contributed by atoms with Crippen LogP contribution in [0.5, 0.6) is 0 Å². The summed E-state index contributed by atoms with van der Waals surface area (Å²) in [6.45, 7) is 6.06. The molecular weight excluding hydrogens is 442 g/mol. The molecule has 10 heteroatoms. The summed E-state index contributed by atoms with van der Waals surface area (Å²) in [4.78, 5) is 26.1. The average molecular weight is 464 g/mol. The Kier molecular flexibility index (Phi) is 5.55. The SMILES string of the molecule is Cc1ccn(-c2cc(N3CCN(C(=O)c4c(-c5ccccc5Cl)noc4C)CC3)ncn2)n1. The molecule has 0 unspecified atom stereocenters. The summed E-state index contributed by atoms with van der Waals surface area (Å²) in [5.41, 5.74) is 2.53. The molecule has 4 heterocycles. The monoisotopic (exact) mass is 463 g/mol. The number of anilines is 1. The predicted molar refractivity (Wildman–Crippen MR) is 124 cm³/mol. The Morgan fingerprint density at radius 2 is 1.79 bits per heavy atom. The maximum atomic E-state index is 13.4. The summed E-state index contributed by atoms with van der Waals surface area (Å²) < 4.78 is 7.10. The van der Waals surface area contributed by atoms with Crippen molar-refractivity contribution in [3.8, 4) is 17.1 Å². The number of carbonyl (C=O) groups excluding carboxylic acids is 1. The number of halogens is 1. The maximum absolute atomic E-state index is 13.4. The smallest absolute Gasteiger partial charge is 0.259 e. The van der Waals surface area contributed by atoms with E-state index in [-0.39, 0.29) is 5.91 Å². The first-order chi connectivity index (χ1) is 16.0. The summed E-state index contributed by atoms with van der Waals surface area (Å²) in [5.74, 6) is 1.88. The van der Waals surface area contributed by atoms with E-state index in [0.29, 0.717) is 59.6 Å². The van der Waals surface area contributed by atoms with Gasteiger partial charge in [-0.2, -0.15) is 5.10 Å². The van der Waals surface area contributed by atoms with E-state index in [1.165, 1.54) is 6.33 Å². The highest BCUT2D eigenvalue weighted by Crippen LogP contribution is 2.32. The van der Waals surface area contributed by atoms with Gasteiger partial charge in [0.05, 0.1) is 10.7 Å². The van der Waals surface area contributed by atoms with Crippen molar-refractivity contribution in [1.82, 2.24) is 29.8 Å². The first kappa shape index (κ1) is 21.1. The van der Waals surface area contributed by atoms with Crippen molar-refractivity contribution in [3.63, 3.8) is 0 Å². The van der Waals surface area contributed by atoms with Crippen LogP contribution in [-0.2, 0) is 0 Å². The van der Waals surface area contributed by atoms with Crippen LogP contribution in [0.1, 0.15) is 21.8 Å². The van der Waals surface area contributed by atoms with Gasteiger partial charge in [0, 0.05) is 44.0 Å². The number of rotatable bonds is 4. The topological polar surface area (TPSA) is 93.2 Å². The standard InChI is InChI=1S/C23H22ClN7O2/c1-15-7-8-31(27-15)20-13-19(25-14-26-20)29-9-11-30(12-10-29)23(32)21-16(2)33-28-22(21)17-5-3-4-6-18(17)24/h3-8,13-14H,9-12H2,1-2H3. The zero-order valence-corrected chi connectivity index (χ0v) is 19.0. The minimum Gasteiger partial charge on any atom is -0.360 e. The Bertz CT molecular complexity index is 1310. The van der Waals surface area contributed by atoms with Crippen molar-refractivity contribution in [2.45, 2.75) is 13.8 Å². The second kappa shape index (κ2) is 8.67. The Balaban J connectivity index is 1.32. The molecule has 0 N–H and O–H groups in total. The zero-order chi connectivity index (χ0) is 22.9. The lowest BCUT2D eigenvalue weighted by Crippen LogP contribution is -2.49. The van der Waals surface area contributed by atoms with Gasteiger partial charge in [-0.15, -0.1) is 0 Å². The summed E-state index contributed by atoms with van der Waals surface area (Å²) in [6, 6.07) is 11.1. The van der Waals surface area contributed by atoms with E-state index < -0.39 is 0 Å². The number of aryl methyl sites for hydroxylation is 2. The van der Waals surface area contributed by atoms with Crippen molar-refractivity contribution in [3.05, 3.63) is 71.0 Å². The molecule has 0 atom stereocenters. The third-order valence-electron chi connectivity index (χ3n) is 5.69. The van der Waals surface area contributed by atoms with Gasteiger partial charge < -0.3 is 14.3 Å². The van der Waals surface area contributed by atoms with Crippen LogP contribution in [0.25, 0.3) is 17.1 Å². The van der Waals surface area contributed by atoms with Gasteiger partial charge in [-0.25, -0.2) is 14.6 Å². The second-order valence-electron chi connectivity index (χ2n) is 7.86. The highest BCUT2D eigenvalue weighted by atomic mass is 35.5. The zero-order valence-electron chi connectivity index (χ0n) is 18.3. The van der Waals surface area contributed by atoms with Gasteiger partial charge in [0.1, 0.15) is 29.2 Å². The molecule has 3 aromatic heterocycles. The van der Waals surface area contributed by atoms with Crippen LogP contribution in [0.3, 0.4) is 0 Å². The highest BCUT2D eigenvalue weighted by molar-refractivity contribution is 6.33. The lowest BCUT2D eigenvalue weighted by molar-refractivity contribution is 0.0745. The molecule has 0 aliphatic carbocycles. The quantitative estimate of drug-likeness (QED) is 0.457. The molecule has 5 rings (SSSR count). The fraction of sp³-hybridized carbons (Fsp3) is 0.261. The Morgan fingerprint density at radius 1 is 1.03 bits per heavy atom. The van der Waals surface area contributed by atoms with Gasteiger partial charge in [-0.1, -0.05) is 35.0 Å². The molecule has 0 bridgehead atoms. The van der Waals surface area contributed by atoms with Crippen molar-refractivity contribution in [1.29, 1.82) is 0 Å². The number of hydrogen-bond donors (Lipinski definition) is 0. The van der Waals surface area contributed by atoms with E-state index in [9.17, 15) is 4.79 Å². The lowest BCUT2D eigenvalue weighted by Gasteiger charge is -2.35. The predicted octanol–water partition coefficient (Wildman–Crippen LogP) is 3.55. The van der Waals surface area contributed by atoms with Crippen LogP contribution in [0, 0.1) is 13.8 Å². The van der Waals surface area contributed by atoms with E-state index in [2.05, 4.69) is 25.1 Å². The summed E-state index contributed by atoms with van der Waals surface area (Å²) in [7, 11) is 0. The first-order valence-electron chi connectivity index (χ1n) is 10.6. The van der Waals surface area contributed by atoms with Gasteiger partial charge in [0.15, 0.2) is 5.82 Å². The molecule has 1 aliphatic heterocycles. The summed E-state index contributed by atoms with van der Waals surface area (Å²) in [5, 5.41) is 9.06. The number of hydrogen-bond acceptors (Lipinski definition) is 7. The molecule has 1 amide bonds. The molecule has 1 fully saturated rings. The van der Waals surface area contributed by atoms with Crippen molar-refractivity contribution < 1.29 is 9.32 Å². The Hall–Kier alpha value is -3.72. The number of amides is 1. The normalized spacial score (nSPS) is 14.0. The maximum Gasteiger partial charge on any atom is 0.259 e. The molecule has 168 valence electrons. The number of piperazine rings is 1. The van der Waals surface area contributed by atoms with E-state index in [4.69, 9.17) is 16.1 Å². The van der Waals surface area contributed by atoms with Crippen LogP contribution in [0.2, 0.25) is 5.02 Å². The lowest BCUT2D eigenvalue weighted by atomic mass is 10.0. The number of carbonyl (C=O) groups is 1. The van der Waals surface area contributed by atoms with Gasteiger partial charge in [0.25, 0.3) is 5.91 Å². The largest absolute Gasteiger partial charge is 0.360 e. The van der Waals surface area contributed by atoms with Crippen LogP contribution in [0.15, 0.2) is 53.4 Å². The van der Waals surface area contributed by atoms with Crippen molar-refractivity contribution in [2.24, 2.45) is 0 Å². The minimum absolute atomic E-state index is 0.112. The van der Waals surface area contributed by atoms with Gasteiger partial charge in [-0.05, 0) is 26.0 Å².